The number of rotatable bonds is 4. The number of nitrogen functional groups attached to an aromatic ring is 1. The van der Waals surface area contributed by atoms with E-state index in [-0.39, 0.29) is 12.0 Å². The number of likely N-dealkylation sites (N-methyl/N-ethyl adjacent to an activating group) is 1. The molecular formula is C14H21N3O2. The number of carbonyl (C=O) groups excluding carboxylic acids is 1. The number of nitrogens with zero attached hydrogens (tertiary/aromatic N) is 2. The smallest absolute Gasteiger partial charge is 0.255 e. The van der Waals surface area contributed by atoms with Crippen LogP contribution in [0.1, 0.15) is 36.5 Å². The standard InChI is InChI=1S/C14H21N3O2/c1-2-17(10-12-5-3-4-8-19-12)14(18)11-6-7-13(15)16-9-11/h6-7,9,12H,2-5,8,10H2,1H3,(H2,15,16). The predicted molar refractivity (Wildman–Crippen MR) is 73.8 cm³/mol. The minimum absolute atomic E-state index is 0.0100. The van der Waals surface area contributed by atoms with Gasteiger partial charge in [0.15, 0.2) is 0 Å². The third kappa shape index (κ3) is 3.67. The summed E-state index contributed by atoms with van der Waals surface area (Å²) in [5.74, 6) is 0.416. The minimum atomic E-state index is -0.0100. The van der Waals surface area contributed by atoms with Crippen LogP contribution in [0.3, 0.4) is 0 Å². The molecule has 1 aromatic heterocycles. The largest absolute Gasteiger partial charge is 0.384 e. The third-order valence-electron chi connectivity index (χ3n) is 3.40. The monoisotopic (exact) mass is 263 g/mol. The highest BCUT2D eigenvalue weighted by Crippen LogP contribution is 2.15. The molecule has 104 valence electrons. The van der Waals surface area contributed by atoms with Crippen LogP contribution in [0.4, 0.5) is 5.82 Å². The molecule has 1 atom stereocenters. The predicted octanol–water partition coefficient (Wildman–Crippen LogP) is 1.69. The fraction of sp³-hybridized carbons (Fsp3) is 0.571. The van der Waals surface area contributed by atoms with Gasteiger partial charge in [-0.1, -0.05) is 0 Å². The molecule has 2 rings (SSSR count). The van der Waals surface area contributed by atoms with Crippen molar-refractivity contribution in [2.75, 3.05) is 25.4 Å². The maximum absolute atomic E-state index is 12.4. The van der Waals surface area contributed by atoms with E-state index in [1.54, 1.807) is 12.1 Å². The Morgan fingerprint density at radius 2 is 2.37 bits per heavy atom. The highest BCUT2D eigenvalue weighted by atomic mass is 16.5. The van der Waals surface area contributed by atoms with Crippen LogP contribution in [0.15, 0.2) is 18.3 Å². The summed E-state index contributed by atoms with van der Waals surface area (Å²) < 4.78 is 5.69. The van der Waals surface area contributed by atoms with Crippen molar-refractivity contribution in [2.24, 2.45) is 0 Å². The van der Waals surface area contributed by atoms with Gasteiger partial charge in [-0.05, 0) is 38.3 Å². The average molecular weight is 263 g/mol. The number of hydrogen-bond donors (Lipinski definition) is 1. The molecule has 2 N–H and O–H groups in total. The third-order valence-corrected chi connectivity index (χ3v) is 3.40. The van der Waals surface area contributed by atoms with Crippen molar-refractivity contribution in [3.8, 4) is 0 Å². The van der Waals surface area contributed by atoms with Crippen LogP contribution in [0.2, 0.25) is 0 Å². The average Bonchev–Trinajstić information content (AvgIpc) is 2.46. The molecule has 2 heterocycles. The second-order valence-electron chi connectivity index (χ2n) is 4.80. The lowest BCUT2D eigenvalue weighted by Gasteiger charge is -2.29. The number of anilines is 1. The first-order valence-corrected chi connectivity index (χ1v) is 6.83. The van der Waals surface area contributed by atoms with Gasteiger partial charge in [0, 0.05) is 25.9 Å². The molecule has 1 aromatic rings. The molecule has 0 bridgehead atoms. The zero-order valence-corrected chi connectivity index (χ0v) is 11.3. The van der Waals surface area contributed by atoms with Gasteiger partial charge in [0.2, 0.25) is 0 Å². The van der Waals surface area contributed by atoms with E-state index in [0.717, 1.165) is 19.4 Å². The molecule has 19 heavy (non-hydrogen) atoms. The molecule has 1 amide bonds. The quantitative estimate of drug-likeness (QED) is 0.897. The molecule has 1 aliphatic rings. The van der Waals surface area contributed by atoms with Gasteiger partial charge in [-0.3, -0.25) is 4.79 Å². The van der Waals surface area contributed by atoms with E-state index >= 15 is 0 Å². The van der Waals surface area contributed by atoms with Crippen molar-refractivity contribution in [1.82, 2.24) is 9.88 Å². The number of carbonyl (C=O) groups is 1. The molecule has 0 aromatic carbocycles. The van der Waals surface area contributed by atoms with E-state index in [1.165, 1.54) is 12.6 Å². The molecule has 0 aliphatic carbocycles. The van der Waals surface area contributed by atoms with Crippen LogP contribution in [0.5, 0.6) is 0 Å². The molecule has 0 radical (unpaired) electrons. The summed E-state index contributed by atoms with van der Waals surface area (Å²) in [5.41, 5.74) is 6.10. The van der Waals surface area contributed by atoms with Crippen LogP contribution >= 0.6 is 0 Å². The minimum Gasteiger partial charge on any atom is -0.384 e. The Labute approximate surface area is 113 Å². The van der Waals surface area contributed by atoms with E-state index in [1.807, 2.05) is 11.8 Å². The van der Waals surface area contributed by atoms with Gasteiger partial charge in [0.1, 0.15) is 5.82 Å². The molecule has 1 aliphatic heterocycles. The van der Waals surface area contributed by atoms with Gasteiger partial charge >= 0.3 is 0 Å². The summed E-state index contributed by atoms with van der Waals surface area (Å²) in [6, 6.07) is 3.37. The van der Waals surface area contributed by atoms with Crippen molar-refractivity contribution in [3.05, 3.63) is 23.9 Å². The number of aromatic nitrogens is 1. The second-order valence-corrected chi connectivity index (χ2v) is 4.80. The summed E-state index contributed by atoms with van der Waals surface area (Å²) in [5, 5.41) is 0. The number of ether oxygens (including phenoxy) is 1. The lowest BCUT2D eigenvalue weighted by Crippen LogP contribution is -2.39. The highest BCUT2D eigenvalue weighted by molar-refractivity contribution is 5.94. The summed E-state index contributed by atoms with van der Waals surface area (Å²) in [6.45, 7) is 4.11. The molecule has 1 fully saturated rings. The lowest BCUT2D eigenvalue weighted by atomic mass is 10.1. The van der Waals surface area contributed by atoms with Gasteiger partial charge in [-0.15, -0.1) is 0 Å². The fourth-order valence-electron chi connectivity index (χ4n) is 2.27. The van der Waals surface area contributed by atoms with Gasteiger partial charge in [0.25, 0.3) is 5.91 Å². The molecule has 1 saturated heterocycles. The van der Waals surface area contributed by atoms with E-state index in [2.05, 4.69) is 4.98 Å². The van der Waals surface area contributed by atoms with Crippen LogP contribution in [0, 0.1) is 0 Å². The van der Waals surface area contributed by atoms with Crippen LogP contribution in [-0.2, 0) is 4.74 Å². The van der Waals surface area contributed by atoms with Gasteiger partial charge in [0.05, 0.1) is 11.7 Å². The second kappa shape index (κ2) is 6.52. The van der Waals surface area contributed by atoms with Gasteiger partial charge < -0.3 is 15.4 Å². The van der Waals surface area contributed by atoms with Crippen LogP contribution in [-0.4, -0.2) is 41.6 Å². The van der Waals surface area contributed by atoms with E-state index in [4.69, 9.17) is 10.5 Å². The van der Waals surface area contributed by atoms with E-state index in [9.17, 15) is 4.79 Å². The molecule has 5 heteroatoms. The molecular weight excluding hydrogens is 242 g/mol. The molecule has 1 unspecified atom stereocenters. The SMILES string of the molecule is CCN(CC1CCCCO1)C(=O)c1ccc(N)nc1. The number of nitrogens with two attached hydrogens (primary N) is 1. The Morgan fingerprint density at radius 1 is 1.53 bits per heavy atom. The number of pyridine rings is 1. The van der Waals surface area contributed by atoms with Crippen molar-refractivity contribution in [3.63, 3.8) is 0 Å². The van der Waals surface area contributed by atoms with E-state index < -0.39 is 0 Å². The first-order chi connectivity index (χ1) is 9.20. The Bertz CT molecular complexity index is 413. The van der Waals surface area contributed by atoms with Gasteiger partial charge in [-0.25, -0.2) is 4.98 Å². The maximum Gasteiger partial charge on any atom is 0.255 e. The summed E-state index contributed by atoms with van der Waals surface area (Å²) >= 11 is 0. The van der Waals surface area contributed by atoms with Gasteiger partial charge in [-0.2, -0.15) is 0 Å². The molecule has 0 saturated carbocycles. The Hall–Kier alpha value is -1.62. The zero-order valence-electron chi connectivity index (χ0n) is 11.3. The summed E-state index contributed by atoms with van der Waals surface area (Å²) in [6.07, 6.45) is 5.03. The van der Waals surface area contributed by atoms with Crippen molar-refractivity contribution in [1.29, 1.82) is 0 Å². The Morgan fingerprint density at radius 3 is 2.95 bits per heavy atom. The first-order valence-electron chi connectivity index (χ1n) is 6.83. The Kier molecular flexibility index (Phi) is 4.74. The van der Waals surface area contributed by atoms with Crippen molar-refractivity contribution in [2.45, 2.75) is 32.3 Å². The summed E-state index contributed by atoms with van der Waals surface area (Å²) in [7, 11) is 0. The maximum atomic E-state index is 12.4. The molecule has 0 spiro atoms. The first kappa shape index (κ1) is 13.8. The Balaban J connectivity index is 1.99. The molecule has 5 nitrogen and oxygen atoms in total. The van der Waals surface area contributed by atoms with Crippen LogP contribution in [0.25, 0.3) is 0 Å². The lowest BCUT2D eigenvalue weighted by molar-refractivity contribution is -0.00312. The topological polar surface area (TPSA) is 68.5 Å². The fourth-order valence-corrected chi connectivity index (χ4v) is 2.27. The zero-order chi connectivity index (χ0) is 13.7. The summed E-state index contributed by atoms with van der Waals surface area (Å²) in [4.78, 5) is 18.1. The number of hydrogen-bond acceptors (Lipinski definition) is 4. The van der Waals surface area contributed by atoms with Crippen molar-refractivity contribution < 1.29 is 9.53 Å². The normalized spacial score (nSPS) is 19.1. The van der Waals surface area contributed by atoms with E-state index in [0.29, 0.717) is 24.5 Å². The van der Waals surface area contributed by atoms with Crippen LogP contribution < -0.4 is 5.73 Å². The number of amides is 1. The highest BCUT2D eigenvalue weighted by Gasteiger charge is 2.21. The van der Waals surface area contributed by atoms with Crippen molar-refractivity contribution >= 4 is 11.7 Å².